The fraction of sp³-hybridized carbons (Fsp3) is 0.688. The number of thioether (sulfide) groups is 1. The van der Waals surface area contributed by atoms with Crippen molar-refractivity contribution in [2.75, 3.05) is 12.4 Å². The number of carbonyl (C=O) groups is 1. The summed E-state index contributed by atoms with van der Waals surface area (Å²) in [5.41, 5.74) is 1.54. The smallest absolute Gasteiger partial charge is 0.225 e. The lowest BCUT2D eigenvalue weighted by Gasteiger charge is -2.43. The Bertz CT molecular complexity index is 563. The number of nitrogens with one attached hydrogen (secondary N) is 1. The Morgan fingerprint density at radius 2 is 2.00 bits per heavy atom. The van der Waals surface area contributed by atoms with E-state index in [1.54, 1.807) is 18.8 Å². The normalized spacial score (nSPS) is 15.9. The number of hydrogen-bond donors (Lipinski definition) is 1. The molecule has 1 aliphatic carbocycles. The molecule has 1 aliphatic rings. The second-order valence-corrected chi connectivity index (χ2v) is 17.8. The third-order valence-corrected chi connectivity index (χ3v) is 15.2. The summed E-state index contributed by atoms with van der Waals surface area (Å²) in [5.74, 6) is -0.0465. The summed E-state index contributed by atoms with van der Waals surface area (Å²) in [7, 11) is -1.65. The molecule has 0 saturated heterocycles. The number of hydrogen-bond acceptors (Lipinski definition) is 5. The van der Waals surface area contributed by atoms with Crippen LogP contribution in [0.15, 0.2) is 17.2 Å². The molecule has 0 unspecified atom stereocenters. The highest BCUT2D eigenvalue weighted by atomic mass is 32.2. The van der Waals surface area contributed by atoms with Crippen molar-refractivity contribution < 1.29 is 8.91 Å². The first-order valence-corrected chi connectivity index (χ1v) is 15.7. The fourth-order valence-corrected chi connectivity index (χ4v) is 14.1. The predicted molar refractivity (Wildman–Crippen MR) is 104 cm³/mol. The van der Waals surface area contributed by atoms with E-state index >= 15 is 0 Å². The van der Waals surface area contributed by atoms with Crippen LogP contribution < -0.4 is 5.32 Å². The zero-order chi connectivity index (χ0) is 17.8. The molecule has 1 aromatic heterocycles. The van der Waals surface area contributed by atoms with Gasteiger partial charge in [0, 0.05) is 12.4 Å². The van der Waals surface area contributed by atoms with Gasteiger partial charge in [0.15, 0.2) is 16.6 Å². The second-order valence-electron chi connectivity index (χ2n) is 7.59. The Morgan fingerprint density at radius 1 is 1.29 bits per heavy atom. The van der Waals surface area contributed by atoms with Crippen LogP contribution in [-0.2, 0) is 15.3 Å². The highest BCUT2D eigenvalue weighted by Crippen LogP contribution is 2.42. The highest BCUT2D eigenvalue weighted by molar-refractivity contribution is 8.00. The maximum absolute atomic E-state index is 11.3. The summed E-state index contributed by atoms with van der Waals surface area (Å²) in [4.78, 5) is 11.3. The number of likely N-dealkylation sites (N-methyl/N-ethyl adjacent to an activating group) is 1. The topological polar surface area (TPSA) is 64.1 Å². The Kier molecular flexibility index (Phi) is 6.63. The van der Waals surface area contributed by atoms with Crippen LogP contribution in [0.4, 0.5) is 0 Å². The lowest BCUT2D eigenvalue weighted by Crippen LogP contribution is -2.50. The molecule has 1 aromatic rings. The summed E-state index contributed by atoms with van der Waals surface area (Å²) in [6.45, 7) is 9.37. The fourth-order valence-electron chi connectivity index (χ4n) is 2.95. The van der Waals surface area contributed by atoms with Crippen LogP contribution in [0.2, 0.25) is 31.7 Å². The van der Waals surface area contributed by atoms with Crippen molar-refractivity contribution in [3.63, 3.8) is 0 Å². The van der Waals surface area contributed by atoms with Gasteiger partial charge in [0.25, 0.3) is 0 Å². The quantitative estimate of drug-likeness (QED) is 0.551. The van der Waals surface area contributed by atoms with Gasteiger partial charge >= 0.3 is 0 Å². The van der Waals surface area contributed by atoms with Gasteiger partial charge in [0.05, 0.1) is 12.1 Å². The summed E-state index contributed by atoms with van der Waals surface area (Å²) < 4.78 is 6.70. The van der Waals surface area contributed by atoms with Gasteiger partial charge in [-0.2, -0.15) is 5.10 Å². The van der Waals surface area contributed by atoms with Gasteiger partial charge < -0.3 is 9.43 Å². The van der Waals surface area contributed by atoms with Crippen LogP contribution in [0.5, 0.6) is 0 Å². The molecule has 1 saturated carbocycles. The SMILES string of the molecule is CNC(=O)Cc1ccc(SC[Si](C)(C)O[Si](C)(C)C2CCC2)nn1. The zero-order valence-electron chi connectivity index (χ0n) is 15.4. The van der Waals surface area contributed by atoms with E-state index < -0.39 is 16.6 Å². The molecule has 5 nitrogen and oxygen atoms in total. The van der Waals surface area contributed by atoms with E-state index in [0.29, 0.717) is 5.69 Å². The average molecular weight is 384 g/mol. The van der Waals surface area contributed by atoms with Crippen LogP contribution in [0, 0.1) is 0 Å². The molecule has 2 rings (SSSR count). The number of rotatable bonds is 8. The van der Waals surface area contributed by atoms with Crippen LogP contribution in [-0.4, -0.2) is 45.2 Å². The molecule has 0 spiro atoms. The molecule has 0 aliphatic heterocycles. The lowest BCUT2D eigenvalue weighted by atomic mass is 10.00. The van der Waals surface area contributed by atoms with E-state index in [-0.39, 0.29) is 12.3 Å². The zero-order valence-corrected chi connectivity index (χ0v) is 18.2. The minimum absolute atomic E-state index is 0.0465. The van der Waals surface area contributed by atoms with Crippen LogP contribution in [0.1, 0.15) is 25.0 Å². The van der Waals surface area contributed by atoms with Gasteiger partial charge in [-0.1, -0.05) is 19.3 Å². The molecule has 8 heteroatoms. The van der Waals surface area contributed by atoms with Crippen molar-refractivity contribution >= 4 is 34.3 Å². The second kappa shape index (κ2) is 8.12. The first-order chi connectivity index (χ1) is 11.2. The van der Waals surface area contributed by atoms with E-state index in [1.807, 2.05) is 12.1 Å². The van der Waals surface area contributed by atoms with Gasteiger partial charge in [0.2, 0.25) is 5.91 Å². The van der Waals surface area contributed by atoms with Crippen molar-refractivity contribution in [3.8, 4) is 0 Å². The van der Waals surface area contributed by atoms with Crippen molar-refractivity contribution in [3.05, 3.63) is 17.8 Å². The standard InChI is InChI=1S/C16H29N3O2SSi2/c1-17-15(20)11-13-9-10-16(19-18-13)22-12-23(2,3)21-24(4,5)14-7-6-8-14/h9-10,14H,6-8,11-12H2,1-5H3,(H,17,20). The van der Waals surface area contributed by atoms with E-state index in [2.05, 4.69) is 41.7 Å². The summed E-state index contributed by atoms with van der Waals surface area (Å²) in [6.07, 6.45) is 4.36. The van der Waals surface area contributed by atoms with Gasteiger partial charge in [-0.3, -0.25) is 4.79 Å². The van der Waals surface area contributed by atoms with Crippen molar-refractivity contribution in [2.45, 2.75) is 62.4 Å². The Hall–Kier alpha value is -0.706. The Labute approximate surface area is 151 Å². The Morgan fingerprint density at radius 3 is 2.50 bits per heavy atom. The van der Waals surface area contributed by atoms with Crippen LogP contribution in [0.25, 0.3) is 0 Å². The van der Waals surface area contributed by atoms with Gasteiger partial charge in [-0.05, 0) is 43.9 Å². The summed E-state index contributed by atoms with van der Waals surface area (Å²) >= 11 is 1.72. The molecular weight excluding hydrogens is 354 g/mol. The van der Waals surface area contributed by atoms with Crippen molar-refractivity contribution in [1.29, 1.82) is 0 Å². The molecule has 24 heavy (non-hydrogen) atoms. The molecule has 0 bridgehead atoms. The maximum Gasteiger partial charge on any atom is 0.225 e. The molecule has 0 radical (unpaired) electrons. The average Bonchev–Trinajstić information content (AvgIpc) is 2.43. The highest BCUT2D eigenvalue weighted by Gasteiger charge is 2.41. The van der Waals surface area contributed by atoms with Gasteiger partial charge in [0.1, 0.15) is 5.03 Å². The third kappa shape index (κ3) is 5.68. The predicted octanol–water partition coefficient (Wildman–Crippen LogP) is 3.38. The first kappa shape index (κ1) is 19.6. The van der Waals surface area contributed by atoms with Crippen molar-refractivity contribution in [2.24, 2.45) is 0 Å². The monoisotopic (exact) mass is 383 g/mol. The molecule has 0 aromatic carbocycles. The molecule has 1 heterocycles. The van der Waals surface area contributed by atoms with Gasteiger partial charge in [-0.15, -0.1) is 16.9 Å². The molecule has 134 valence electrons. The molecular formula is C16H29N3O2SSi2. The molecule has 1 amide bonds. The Balaban J connectivity index is 1.85. The number of amides is 1. The minimum atomic E-state index is -1.72. The van der Waals surface area contributed by atoms with Gasteiger partial charge in [-0.25, -0.2) is 0 Å². The van der Waals surface area contributed by atoms with Crippen LogP contribution >= 0.6 is 11.8 Å². The summed E-state index contributed by atoms with van der Waals surface area (Å²) in [5, 5.41) is 12.9. The lowest BCUT2D eigenvalue weighted by molar-refractivity contribution is -0.120. The van der Waals surface area contributed by atoms with Crippen LogP contribution in [0.3, 0.4) is 0 Å². The van der Waals surface area contributed by atoms with Crippen molar-refractivity contribution in [1.82, 2.24) is 15.5 Å². The largest absolute Gasteiger partial charge is 0.455 e. The number of aromatic nitrogens is 2. The maximum atomic E-state index is 11.3. The van der Waals surface area contributed by atoms with E-state index in [4.69, 9.17) is 4.12 Å². The third-order valence-electron chi connectivity index (χ3n) is 4.51. The minimum Gasteiger partial charge on any atom is -0.455 e. The van der Waals surface area contributed by atoms with E-state index in [0.717, 1.165) is 15.9 Å². The summed E-state index contributed by atoms with van der Waals surface area (Å²) in [6, 6.07) is 3.84. The number of carbonyl (C=O) groups excluding carboxylic acids is 1. The first-order valence-electron chi connectivity index (χ1n) is 8.58. The molecule has 1 fully saturated rings. The number of nitrogens with zero attached hydrogens (tertiary/aromatic N) is 2. The molecule has 1 N–H and O–H groups in total. The molecule has 0 atom stereocenters. The van der Waals surface area contributed by atoms with E-state index in [1.165, 1.54) is 19.3 Å². The van der Waals surface area contributed by atoms with E-state index in [9.17, 15) is 4.79 Å².